The van der Waals surface area contributed by atoms with Crippen LogP contribution >= 0.6 is 0 Å². The summed E-state index contributed by atoms with van der Waals surface area (Å²) in [6.07, 6.45) is -4.55. The van der Waals surface area contributed by atoms with E-state index in [4.69, 9.17) is 9.47 Å². The molecule has 35 heavy (non-hydrogen) atoms. The summed E-state index contributed by atoms with van der Waals surface area (Å²) in [5, 5.41) is 0. The average molecular weight is 505 g/mol. The summed E-state index contributed by atoms with van der Waals surface area (Å²) >= 11 is 0. The number of sulfone groups is 1. The highest BCUT2D eigenvalue weighted by Crippen LogP contribution is 2.49. The smallest absolute Gasteiger partial charge is 0.404 e. The molecular weight excluding hydrogens is 487 g/mol. The van der Waals surface area contributed by atoms with E-state index in [9.17, 15) is 26.4 Å². The molecule has 7 nitrogen and oxygen atoms in total. The molecule has 0 bridgehead atoms. The second kappa shape index (κ2) is 8.36. The van der Waals surface area contributed by atoms with Gasteiger partial charge >= 0.3 is 6.36 Å². The number of rotatable bonds is 4. The summed E-state index contributed by atoms with van der Waals surface area (Å²) in [5.41, 5.74) is 1.02. The molecule has 0 aliphatic carbocycles. The van der Waals surface area contributed by atoms with Crippen LogP contribution in [-0.4, -0.2) is 33.9 Å². The third kappa shape index (κ3) is 3.95. The SMILES string of the molecule is O=C1N(c2ccccc2)c2ccc(S(=O)(=O)c3ccccc3OC(F)(F)F)cc2C12OCCCO2. The van der Waals surface area contributed by atoms with Crippen molar-refractivity contribution in [2.24, 2.45) is 0 Å². The van der Waals surface area contributed by atoms with Crippen LogP contribution in [0.15, 0.2) is 82.6 Å². The molecule has 3 aromatic rings. The zero-order valence-corrected chi connectivity index (χ0v) is 18.8. The van der Waals surface area contributed by atoms with Crippen molar-refractivity contribution in [1.82, 2.24) is 0 Å². The van der Waals surface area contributed by atoms with Crippen molar-refractivity contribution in [1.29, 1.82) is 0 Å². The van der Waals surface area contributed by atoms with Crippen molar-refractivity contribution in [2.45, 2.75) is 28.4 Å². The van der Waals surface area contributed by atoms with Crippen molar-refractivity contribution in [3.63, 3.8) is 0 Å². The maximum absolute atomic E-state index is 13.6. The maximum atomic E-state index is 13.6. The van der Waals surface area contributed by atoms with Gasteiger partial charge in [0.1, 0.15) is 10.6 Å². The monoisotopic (exact) mass is 505 g/mol. The summed E-state index contributed by atoms with van der Waals surface area (Å²) in [7, 11) is -4.48. The van der Waals surface area contributed by atoms with Gasteiger partial charge in [-0.1, -0.05) is 30.3 Å². The number of para-hydroxylation sites is 2. The third-order valence-corrected chi connectivity index (χ3v) is 7.43. The quantitative estimate of drug-likeness (QED) is 0.512. The van der Waals surface area contributed by atoms with E-state index in [1.165, 1.54) is 35.2 Å². The number of ether oxygens (including phenoxy) is 3. The van der Waals surface area contributed by atoms with Crippen LogP contribution < -0.4 is 9.64 Å². The molecule has 0 aromatic heterocycles. The van der Waals surface area contributed by atoms with E-state index >= 15 is 0 Å². The fourth-order valence-electron chi connectivity index (χ4n) is 4.17. The van der Waals surface area contributed by atoms with Gasteiger partial charge in [-0.05, 0) is 48.9 Å². The highest BCUT2D eigenvalue weighted by Gasteiger charge is 2.55. The van der Waals surface area contributed by atoms with Gasteiger partial charge in [-0.3, -0.25) is 9.69 Å². The van der Waals surface area contributed by atoms with Crippen molar-refractivity contribution in [3.05, 3.63) is 78.4 Å². The molecule has 1 amide bonds. The molecule has 2 aliphatic heterocycles. The van der Waals surface area contributed by atoms with Crippen LogP contribution in [0, 0.1) is 0 Å². The fourth-order valence-corrected chi connectivity index (χ4v) is 5.57. The number of hydrogen-bond donors (Lipinski definition) is 0. The van der Waals surface area contributed by atoms with Gasteiger partial charge in [0.25, 0.3) is 11.7 Å². The third-order valence-electron chi connectivity index (χ3n) is 5.64. The van der Waals surface area contributed by atoms with Crippen LogP contribution in [0.2, 0.25) is 0 Å². The van der Waals surface area contributed by atoms with E-state index in [1.807, 2.05) is 0 Å². The number of benzene rings is 3. The van der Waals surface area contributed by atoms with Gasteiger partial charge in [-0.25, -0.2) is 8.42 Å². The average Bonchev–Trinajstić information content (AvgIpc) is 3.06. The zero-order chi connectivity index (χ0) is 24.8. The van der Waals surface area contributed by atoms with Crippen molar-refractivity contribution < 1.29 is 40.6 Å². The highest BCUT2D eigenvalue weighted by atomic mass is 32.2. The molecule has 182 valence electrons. The Hall–Kier alpha value is -3.41. The Morgan fingerprint density at radius 1 is 0.914 bits per heavy atom. The normalized spacial score (nSPS) is 17.5. The Bertz CT molecular complexity index is 1390. The lowest BCUT2D eigenvalue weighted by molar-refractivity contribution is -0.275. The molecule has 1 spiro atoms. The molecule has 5 rings (SSSR count). The van der Waals surface area contributed by atoms with Gasteiger partial charge in [0.05, 0.1) is 23.8 Å². The van der Waals surface area contributed by atoms with Crippen LogP contribution in [0.25, 0.3) is 0 Å². The lowest BCUT2D eigenvalue weighted by Gasteiger charge is -2.32. The van der Waals surface area contributed by atoms with E-state index in [-0.39, 0.29) is 23.7 Å². The summed E-state index contributed by atoms with van der Waals surface area (Å²) in [6.45, 7) is 0.403. The lowest BCUT2D eigenvalue weighted by Crippen LogP contribution is -2.46. The Balaban J connectivity index is 1.66. The molecule has 0 N–H and O–H groups in total. The molecule has 1 saturated heterocycles. The van der Waals surface area contributed by atoms with E-state index in [2.05, 4.69) is 4.74 Å². The van der Waals surface area contributed by atoms with E-state index in [0.717, 1.165) is 12.1 Å². The second-order valence-corrected chi connectivity index (χ2v) is 9.74. The Morgan fingerprint density at radius 3 is 2.26 bits per heavy atom. The molecule has 0 radical (unpaired) electrons. The van der Waals surface area contributed by atoms with Crippen LogP contribution in [0.5, 0.6) is 5.75 Å². The molecule has 0 unspecified atom stereocenters. The number of anilines is 2. The Kier molecular flexibility index (Phi) is 5.58. The van der Waals surface area contributed by atoms with E-state index in [0.29, 0.717) is 17.8 Å². The minimum atomic E-state index is -5.08. The second-order valence-electron chi connectivity index (χ2n) is 7.82. The van der Waals surface area contributed by atoms with Gasteiger partial charge in [0.15, 0.2) is 0 Å². The van der Waals surface area contributed by atoms with Gasteiger partial charge in [-0.15, -0.1) is 13.2 Å². The number of hydrogen-bond acceptors (Lipinski definition) is 6. The Labute approximate surface area is 198 Å². The van der Waals surface area contributed by atoms with Crippen molar-refractivity contribution in [2.75, 3.05) is 18.1 Å². The number of carbonyl (C=O) groups excluding carboxylic acids is 1. The minimum absolute atomic E-state index is 0.154. The van der Waals surface area contributed by atoms with Crippen molar-refractivity contribution >= 4 is 27.1 Å². The molecule has 11 heteroatoms. The number of nitrogens with zero attached hydrogens (tertiary/aromatic N) is 1. The fraction of sp³-hybridized carbons (Fsp3) is 0.208. The maximum Gasteiger partial charge on any atom is 0.573 e. The number of amides is 1. The summed E-state index contributed by atoms with van der Waals surface area (Å²) < 4.78 is 81.0. The largest absolute Gasteiger partial charge is 0.573 e. The summed E-state index contributed by atoms with van der Waals surface area (Å²) in [6, 6.07) is 17.0. The summed E-state index contributed by atoms with van der Waals surface area (Å²) in [4.78, 5) is 13.9. The first-order valence-electron chi connectivity index (χ1n) is 10.6. The zero-order valence-electron chi connectivity index (χ0n) is 18.0. The summed E-state index contributed by atoms with van der Waals surface area (Å²) in [5.74, 6) is -3.27. The molecule has 1 fully saturated rings. The van der Waals surface area contributed by atoms with Crippen LogP contribution in [0.4, 0.5) is 24.5 Å². The van der Waals surface area contributed by atoms with Gasteiger partial charge in [0.2, 0.25) is 9.84 Å². The molecular formula is C24H18F3NO6S. The molecule has 2 heterocycles. The molecule has 3 aromatic carbocycles. The number of alkyl halides is 3. The number of halogens is 3. The van der Waals surface area contributed by atoms with Crippen molar-refractivity contribution in [3.8, 4) is 5.75 Å². The molecule has 2 aliphatic rings. The van der Waals surface area contributed by atoms with E-state index in [1.54, 1.807) is 30.3 Å². The minimum Gasteiger partial charge on any atom is -0.404 e. The van der Waals surface area contributed by atoms with Crippen LogP contribution in [-0.2, 0) is 29.9 Å². The first kappa shape index (κ1) is 23.3. The van der Waals surface area contributed by atoms with Gasteiger partial charge < -0.3 is 14.2 Å². The Morgan fingerprint density at radius 2 is 1.57 bits per heavy atom. The van der Waals surface area contributed by atoms with Crippen LogP contribution in [0.3, 0.4) is 0 Å². The topological polar surface area (TPSA) is 82.1 Å². The van der Waals surface area contributed by atoms with E-state index < -0.39 is 38.5 Å². The van der Waals surface area contributed by atoms with Gasteiger partial charge in [0, 0.05) is 11.3 Å². The standard InChI is InChI=1S/C24H18F3NO6S/c25-24(26,27)34-20-9-4-5-10-21(20)35(30,31)17-11-12-19-18(15-17)23(32-13-6-14-33-23)22(29)28(19)16-7-2-1-3-8-16/h1-5,7-12,15H,6,13-14H2. The molecule has 0 atom stereocenters. The predicted molar refractivity (Wildman–Crippen MR) is 117 cm³/mol. The first-order valence-corrected chi connectivity index (χ1v) is 12.0. The predicted octanol–water partition coefficient (Wildman–Crippen LogP) is 4.69. The lowest BCUT2D eigenvalue weighted by atomic mass is 10.1. The highest BCUT2D eigenvalue weighted by molar-refractivity contribution is 7.91. The first-order chi connectivity index (χ1) is 16.6. The number of carbonyl (C=O) groups is 1. The van der Waals surface area contributed by atoms with Crippen LogP contribution in [0.1, 0.15) is 12.0 Å². The van der Waals surface area contributed by atoms with Gasteiger partial charge in [-0.2, -0.15) is 0 Å². The molecule has 0 saturated carbocycles. The number of fused-ring (bicyclic) bond motifs is 2.